The number of halogens is 1. The van der Waals surface area contributed by atoms with Crippen molar-refractivity contribution in [1.29, 1.82) is 0 Å². The minimum absolute atomic E-state index is 0.00315. The first kappa shape index (κ1) is 16.2. The molecule has 0 aliphatic carbocycles. The van der Waals surface area contributed by atoms with Crippen molar-refractivity contribution in [3.63, 3.8) is 0 Å². The lowest BCUT2D eigenvalue weighted by Crippen LogP contribution is -2.21. The Hall–Kier alpha value is -2.15. The second-order valence-corrected chi connectivity index (χ2v) is 6.65. The average Bonchev–Trinajstić information content (AvgIpc) is 3.09. The van der Waals surface area contributed by atoms with Gasteiger partial charge in [-0.15, -0.1) is 0 Å². The van der Waals surface area contributed by atoms with E-state index >= 15 is 0 Å². The molecule has 0 aromatic carbocycles. The topological polar surface area (TPSA) is 85.4 Å². The normalized spacial score (nSPS) is 10.9. The van der Waals surface area contributed by atoms with Crippen LogP contribution >= 0.6 is 15.9 Å². The van der Waals surface area contributed by atoms with Crippen LogP contribution in [-0.2, 0) is 5.54 Å². The summed E-state index contributed by atoms with van der Waals surface area (Å²) in [6.07, 6.45) is 9.04. The number of rotatable bonds is 1. The van der Waals surface area contributed by atoms with Crippen LogP contribution in [0.5, 0.6) is 0 Å². The zero-order chi connectivity index (χ0) is 16.2. The third-order valence-electron chi connectivity index (χ3n) is 2.85. The van der Waals surface area contributed by atoms with Crippen LogP contribution in [-0.4, -0.2) is 25.0 Å². The molecule has 0 saturated heterocycles. The summed E-state index contributed by atoms with van der Waals surface area (Å²) >= 11 is 3.19. The van der Waals surface area contributed by atoms with Crippen LogP contribution in [0, 0.1) is 0 Å². The summed E-state index contributed by atoms with van der Waals surface area (Å²) in [7, 11) is 0. The summed E-state index contributed by atoms with van der Waals surface area (Å²) in [5.41, 5.74) is 7.75. The molecule has 3 N–H and O–H groups in total. The molecule has 0 spiro atoms. The van der Waals surface area contributed by atoms with Gasteiger partial charge in [0, 0.05) is 24.2 Å². The number of nitrogens with one attached hydrogen (secondary N) is 1. The Morgan fingerprint density at radius 2 is 2.00 bits per heavy atom. The first-order valence-corrected chi connectivity index (χ1v) is 7.57. The average molecular weight is 363 g/mol. The second-order valence-electron chi connectivity index (χ2n) is 5.73. The molecule has 3 aromatic heterocycles. The van der Waals surface area contributed by atoms with E-state index in [-0.39, 0.29) is 5.54 Å². The number of aromatic amines is 1. The largest absolute Gasteiger partial charge is 0.384 e. The molecule has 0 bridgehead atoms. The summed E-state index contributed by atoms with van der Waals surface area (Å²) in [4.78, 5) is 3.97. The van der Waals surface area contributed by atoms with Gasteiger partial charge in [0.15, 0.2) is 0 Å². The quantitative estimate of drug-likeness (QED) is 0.693. The SMILES string of the molecule is Brc1cn[nH]c1.CC(C)(C)n1cc(-c2ccnc(N)c2)cn1. The van der Waals surface area contributed by atoms with Gasteiger partial charge in [0.25, 0.3) is 0 Å². The number of aromatic nitrogens is 5. The van der Waals surface area contributed by atoms with E-state index in [4.69, 9.17) is 5.73 Å². The lowest BCUT2D eigenvalue weighted by molar-refractivity contribution is 0.355. The zero-order valence-corrected chi connectivity index (χ0v) is 14.4. The van der Waals surface area contributed by atoms with Gasteiger partial charge in [-0.1, -0.05) is 0 Å². The molecule has 3 heterocycles. The van der Waals surface area contributed by atoms with E-state index in [1.165, 1.54) is 0 Å². The van der Waals surface area contributed by atoms with E-state index in [0.717, 1.165) is 15.6 Å². The molecule has 3 rings (SSSR count). The second kappa shape index (κ2) is 6.74. The smallest absolute Gasteiger partial charge is 0.123 e. The number of nitrogen functional groups attached to an aromatic ring is 1. The van der Waals surface area contributed by atoms with Gasteiger partial charge in [0.2, 0.25) is 0 Å². The predicted molar refractivity (Wildman–Crippen MR) is 91.2 cm³/mol. The van der Waals surface area contributed by atoms with Crippen LogP contribution in [0.15, 0.2) is 47.6 Å². The van der Waals surface area contributed by atoms with Crippen molar-refractivity contribution >= 4 is 21.7 Å². The van der Waals surface area contributed by atoms with Crippen molar-refractivity contribution in [2.45, 2.75) is 26.3 Å². The molecule has 6 nitrogen and oxygen atoms in total. The Kier molecular flexibility index (Phi) is 4.97. The number of hydrogen-bond acceptors (Lipinski definition) is 4. The van der Waals surface area contributed by atoms with Crippen LogP contribution in [0.25, 0.3) is 11.1 Å². The Morgan fingerprint density at radius 1 is 1.23 bits per heavy atom. The number of H-pyrrole nitrogens is 1. The van der Waals surface area contributed by atoms with Crippen molar-refractivity contribution in [2.75, 3.05) is 5.73 Å². The molecule has 0 unspecified atom stereocenters. The molecule has 0 atom stereocenters. The minimum atomic E-state index is -0.00315. The van der Waals surface area contributed by atoms with Crippen molar-refractivity contribution in [2.24, 2.45) is 0 Å². The van der Waals surface area contributed by atoms with E-state index < -0.39 is 0 Å². The Balaban J connectivity index is 0.000000246. The number of hydrogen-bond donors (Lipinski definition) is 2. The van der Waals surface area contributed by atoms with Crippen LogP contribution in [0.2, 0.25) is 0 Å². The summed E-state index contributed by atoms with van der Waals surface area (Å²) in [5, 5.41) is 10.6. The molecule has 116 valence electrons. The van der Waals surface area contributed by atoms with Gasteiger partial charge in [-0.3, -0.25) is 9.78 Å². The monoisotopic (exact) mass is 362 g/mol. The van der Waals surface area contributed by atoms with Gasteiger partial charge in [-0.05, 0) is 54.4 Å². The predicted octanol–water partition coefficient (Wildman–Crippen LogP) is 3.45. The number of nitrogens with zero attached hydrogens (tertiary/aromatic N) is 4. The standard InChI is InChI=1S/C12H16N4.C3H3BrN2/c1-12(2,3)16-8-10(7-15-16)9-4-5-14-11(13)6-9;4-3-1-5-6-2-3/h4-8H,1-3H3,(H2,13,14);1-2H,(H,5,6). The Labute approximate surface area is 137 Å². The first-order valence-electron chi connectivity index (χ1n) is 6.77. The maximum absolute atomic E-state index is 5.65. The molecule has 0 saturated carbocycles. The molecule has 3 aromatic rings. The molecule has 22 heavy (non-hydrogen) atoms. The van der Waals surface area contributed by atoms with E-state index in [0.29, 0.717) is 5.82 Å². The summed E-state index contributed by atoms with van der Waals surface area (Å²) in [5.74, 6) is 0.529. The van der Waals surface area contributed by atoms with Crippen molar-refractivity contribution < 1.29 is 0 Å². The lowest BCUT2D eigenvalue weighted by Gasteiger charge is -2.18. The first-order chi connectivity index (χ1) is 10.4. The summed E-state index contributed by atoms with van der Waals surface area (Å²) < 4.78 is 2.93. The fourth-order valence-electron chi connectivity index (χ4n) is 1.70. The number of anilines is 1. The molecular formula is C15H19BrN6. The highest BCUT2D eigenvalue weighted by Crippen LogP contribution is 2.22. The Bertz CT molecular complexity index is 712. The summed E-state index contributed by atoms with van der Waals surface area (Å²) in [6, 6.07) is 3.78. The van der Waals surface area contributed by atoms with Crippen LogP contribution in [0.1, 0.15) is 20.8 Å². The molecule has 0 fully saturated rings. The zero-order valence-electron chi connectivity index (χ0n) is 12.8. The van der Waals surface area contributed by atoms with Crippen molar-refractivity contribution in [3.8, 4) is 11.1 Å². The highest BCUT2D eigenvalue weighted by Gasteiger charge is 2.14. The third-order valence-corrected chi connectivity index (χ3v) is 3.28. The molecule has 0 radical (unpaired) electrons. The van der Waals surface area contributed by atoms with Crippen molar-refractivity contribution in [1.82, 2.24) is 25.0 Å². The van der Waals surface area contributed by atoms with Gasteiger partial charge in [-0.2, -0.15) is 10.2 Å². The van der Waals surface area contributed by atoms with E-state index in [1.807, 2.05) is 29.2 Å². The fourth-order valence-corrected chi connectivity index (χ4v) is 1.91. The molecule has 0 aliphatic rings. The van der Waals surface area contributed by atoms with Crippen molar-refractivity contribution in [3.05, 3.63) is 47.6 Å². The molecule has 7 heteroatoms. The van der Waals surface area contributed by atoms with E-state index in [9.17, 15) is 0 Å². The Morgan fingerprint density at radius 3 is 2.45 bits per heavy atom. The van der Waals surface area contributed by atoms with Gasteiger partial charge in [0.1, 0.15) is 5.82 Å². The van der Waals surface area contributed by atoms with E-state index in [1.54, 1.807) is 18.6 Å². The van der Waals surface area contributed by atoms with Gasteiger partial charge >= 0.3 is 0 Å². The highest BCUT2D eigenvalue weighted by molar-refractivity contribution is 9.10. The fraction of sp³-hybridized carbons (Fsp3) is 0.267. The van der Waals surface area contributed by atoms with Crippen LogP contribution < -0.4 is 5.73 Å². The van der Waals surface area contributed by atoms with Crippen LogP contribution in [0.3, 0.4) is 0 Å². The summed E-state index contributed by atoms with van der Waals surface area (Å²) in [6.45, 7) is 6.35. The van der Waals surface area contributed by atoms with Crippen LogP contribution in [0.4, 0.5) is 5.82 Å². The number of nitrogens with two attached hydrogens (primary N) is 1. The molecular weight excluding hydrogens is 344 g/mol. The molecule has 0 aliphatic heterocycles. The van der Waals surface area contributed by atoms with Gasteiger partial charge in [-0.25, -0.2) is 4.98 Å². The maximum atomic E-state index is 5.65. The third kappa shape index (κ3) is 4.42. The van der Waals surface area contributed by atoms with Gasteiger partial charge in [0.05, 0.1) is 22.4 Å². The van der Waals surface area contributed by atoms with Gasteiger partial charge < -0.3 is 5.73 Å². The maximum Gasteiger partial charge on any atom is 0.123 e. The minimum Gasteiger partial charge on any atom is -0.384 e. The number of pyridine rings is 1. The lowest BCUT2D eigenvalue weighted by atomic mass is 10.1. The van der Waals surface area contributed by atoms with E-state index in [2.05, 4.69) is 57.0 Å². The molecule has 0 amide bonds. The highest BCUT2D eigenvalue weighted by atomic mass is 79.9.